The zero-order valence-electron chi connectivity index (χ0n) is 11.7. The molecule has 0 saturated carbocycles. The Morgan fingerprint density at radius 1 is 1.12 bits per heavy atom. The minimum atomic E-state index is 0.381. The van der Waals surface area contributed by atoms with E-state index in [1.54, 1.807) is 7.11 Å². The Morgan fingerprint density at radius 2 is 1.76 bits per heavy atom. The Kier molecular flexibility index (Phi) is 4.63. The Bertz CT molecular complexity index is 449. The van der Waals surface area contributed by atoms with Crippen LogP contribution in [0.4, 0.5) is 0 Å². The van der Waals surface area contributed by atoms with E-state index in [0.29, 0.717) is 11.8 Å². The van der Waals surface area contributed by atoms with Gasteiger partial charge in [-0.3, -0.25) is 0 Å². The lowest BCUT2D eigenvalue weighted by Gasteiger charge is -2.19. The highest BCUT2D eigenvalue weighted by Crippen LogP contribution is 2.31. The third-order valence-corrected chi connectivity index (χ3v) is 3.40. The Labute approximate surface area is 105 Å². The third kappa shape index (κ3) is 3.03. The fourth-order valence-electron chi connectivity index (χ4n) is 2.14. The first-order valence-corrected chi connectivity index (χ1v) is 6.08. The van der Waals surface area contributed by atoms with Crippen LogP contribution in [-0.2, 0) is 0 Å². The van der Waals surface area contributed by atoms with Crippen molar-refractivity contribution in [2.24, 2.45) is 5.92 Å². The molecule has 1 nitrogen and oxygen atoms in total. The second-order valence-electron chi connectivity index (χ2n) is 4.65. The molecule has 1 aromatic rings. The van der Waals surface area contributed by atoms with Gasteiger partial charge in [0.05, 0.1) is 7.11 Å². The zero-order valence-corrected chi connectivity index (χ0v) is 11.7. The lowest BCUT2D eigenvalue weighted by atomic mass is 9.86. The highest BCUT2D eigenvalue weighted by atomic mass is 16.5. The fourth-order valence-corrected chi connectivity index (χ4v) is 2.14. The molecular formula is C16H22O. The first-order valence-electron chi connectivity index (χ1n) is 6.08. The first-order chi connectivity index (χ1) is 8.01. The minimum Gasteiger partial charge on any atom is -0.496 e. The average molecular weight is 230 g/mol. The largest absolute Gasteiger partial charge is 0.496 e. The molecule has 2 atom stereocenters. The predicted molar refractivity (Wildman–Crippen MR) is 73.5 cm³/mol. The van der Waals surface area contributed by atoms with Gasteiger partial charge in [0.15, 0.2) is 0 Å². The summed E-state index contributed by atoms with van der Waals surface area (Å²) in [7, 11) is 1.72. The molecule has 92 valence electrons. The number of hydrogen-bond donors (Lipinski definition) is 0. The SMILES string of the molecule is CC#CC(C)C(C)c1cc(C)c(OC)cc1C. The van der Waals surface area contributed by atoms with Gasteiger partial charge in [0.1, 0.15) is 5.75 Å². The molecule has 0 aromatic heterocycles. The molecule has 2 unspecified atom stereocenters. The lowest BCUT2D eigenvalue weighted by Crippen LogP contribution is -2.06. The van der Waals surface area contributed by atoms with Crippen molar-refractivity contribution in [3.8, 4) is 17.6 Å². The van der Waals surface area contributed by atoms with Gasteiger partial charge in [-0.05, 0) is 49.4 Å². The number of ether oxygens (including phenoxy) is 1. The Morgan fingerprint density at radius 3 is 2.29 bits per heavy atom. The molecule has 0 aliphatic rings. The number of rotatable bonds is 3. The van der Waals surface area contributed by atoms with E-state index in [1.165, 1.54) is 16.7 Å². The Balaban J connectivity index is 3.13. The predicted octanol–water partition coefficient (Wildman–Crippen LogP) is 4.07. The van der Waals surface area contributed by atoms with E-state index in [0.717, 1.165) is 5.75 Å². The van der Waals surface area contributed by atoms with Crippen molar-refractivity contribution < 1.29 is 4.74 Å². The van der Waals surface area contributed by atoms with Gasteiger partial charge in [-0.15, -0.1) is 5.92 Å². The van der Waals surface area contributed by atoms with Gasteiger partial charge in [0, 0.05) is 5.92 Å². The van der Waals surface area contributed by atoms with Crippen molar-refractivity contribution in [2.75, 3.05) is 7.11 Å². The fraction of sp³-hybridized carbons (Fsp3) is 0.500. The highest BCUT2D eigenvalue weighted by molar-refractivity contribution is 5.43. The summed E-state index contributed by atoms with van der Waals surface area (Å²) in [4.78, 5) is 0. The summed E-state index contributed by atoms with van der Waals surface area (Å²) in [6, 6.07) is 4.35. The standard InChI is InChI=1S/C16H22O/c1-7-8-11(2)14(5)15-9-13(4)16(17-6)10-12(15)3/h9-11,14H,1-6H3. The van der Waals surface area contributed by atoms with Crippen LogP contribution in [0.2, 0.25) is 0 Å². The zero-order chi connectivity index (χ0) is 13.0. The van der Waals surface area contributed by atoms with Crippen molar-refractivity contribution in [2.45, 2.75) is 40.5 Å². The normalized spacial score (nSPS) is 13.5. The number of hydrogen-bond acceptors (Lipinski definition) is 1. The first kappa shape index (κ1) is 13.6. The second-order valence-corrected chi connectivity index (χ2v) is 4.65. The van der Waals surface area contributed by atoms with Crippen LogP contribution in [0.25, 0.3) is 0 Å². The van der Waals surface area contributed by atoms with E-state index in [-0.39, 0.29) is 0 Å². The molecule has 0 heterocycles. The molecule has 0 spiro atoms. The van der Waals surface area contributed by atoms with Crippen LogP contribution in [0, 0.1) is 31.6 Å². The topological polar surface area (TPSA) is 9.23 Å². The summed E-state index contributed by atoms with van der Waals surface area (Å²) in [6.07, 6.45) is 0. The highest BCUT2D eigenvalue weighted by Gasteiger charge is 2.16. The van der Waals surface area contributed by atoms with Crippen molar-refractivity contribution in [3.05, 3.63) is 28.8 Å². The third-order valence-electron chi connectivity index (χ3n) is 3.40. The molecule has 0 amide bonds. The smallest absolute Gasteiger partial charge is 0.122 e. The van der Waals surface area contributed by atoms with Gasteiger partial charge in [-0.25, -0.2) is 0 Å². The van der Waals surface area contributed by atoms with E-state index >= 15 is 0 Å². The number of benzene rings is 1. The van der Waals surface area contributed by atoms with Gasteiger partial charge >= 0.3 is 0 Å². The van der Waals surface area contributed by atoms with Gasteiger partial charge < -0.3 is 4.74 Å². The van der Waals surface area contributed by atoms with Crippen LogP contribution < -0.4 is 4.74 Å². The van der Waals surface area contributed by atoms with Crippen LogP contribution >= 0.6 is 0 Å². The molecule has 0 aliphatic carbocycles. The molecule has 1 heteroatoms. The quantitative estimate of drug-likeness (QED) is 0.711. The maximum Gasteiger partial charge on any atom is 0.122 e. The van der Waals surface area contributed by atoms with Gasteiger partial charge in [-0.1, -0.05) is 25.8 Å². The molecule has 0 bridgehead atoms. The molecule has 0 saturated heterocycles. The minimum absolute atomic E-state index is 0.381. The van der Waals surface area contributed by atoms with E-state index in [9.17, 15) is 0 Å². The second kappa shape index (κ2) is 5.77. The summed E-state index contributed by atoms with van der Waals surface area (Å²) < 4.78 is 5.34. The van der Waals surface area contributed by atoms with Crippen molar-refractivity contribution in [1.29, 1.82) is 0 Å². The molecule has 0 N–H and O–H groups in total. The van der Waals surface area contributed by atoms with Gasteiger partial charge in [-0.2, -0.15) is 0 Å². The van der Waals surface area contributed by atoms with Crippen molar-refractivity contribution in [3.63, 3.8) is 0 Å². The van der Waals surface area contributed by atoms with E-state index in [2.05, 4.69) is 51.7 Å². The van der Waals surface area contributed by atoms with E-state index in [1.807, 2.05) is 6.92 Å². The van der Waals surface area contributed by atoms with Crippen molar-refractivity contribution >= 4 is 0 Å². The summed E-state index contributed by atoms with van der Waals surface area (Å²) in [5.74, 6) is 8.04. The monoisotopic (exact) mass is 230 g/mol. The molecular weight excluding hydrogens is 208 g/mol. The Hall–Kier alpha value is -1.42. The summed E-state index contributed by atoms with van der Waals surface area (Å²) in [5, 5.41) is 0. The average Bonchev–Trinajstić information content (AvgIpc) is 2.31. The number of methoxy groups -OCH3 is 1. The van der Waals surface area contributed by atoms with Crippen LogP contribution in [0.5, 0.6) is 5.75 Å². The van der Waals surface area contributed by atoms with Gasteiger partial charge in [0.25, 0.3) is 0 Å². The molecule has 0 radical (unpaired) electrons. The van der Waals surface area contributed by atoms with Crippen molar-refractivity contribution in [1.82, 2.24) is 0 Å². The number of aryl methyl sites for hydroxylation is 2. The molecule has 17 heavy (non-hydrogen) atoms. The molecule has 0 fully saturated rings. The summed E-state index contributed by atoms with van der Waals surface area (Å²) in [5.41, 5.74) is 3.85. The van der Waals surface area contributed by atoms with Crippen LogP contribution in [-0.4, -0.2) is 7.11 Å². The van der Waals surface area contributed by atoms with Gasteiger partial charge in [0.2, 0.25) is 0 Å². The van der Waals surface area contributed by atoms with Crippen LogP contribution in [0.3, 0.4) is 0 Å². The maximum absolute atomic E-state index is 5.34. The summed E-state index contributed by atoms with van der Waals surface area (Å²) in [6.45, 7) is 10.5. The molecule has 1 aromatic carbocycles. The summed E-state index contributed by atoms with van der Waals surface area (Å²) >= 11 is 0. The molecule has 1 rings (SSSR count). The maximum atomic E-state index is 5.34. The van der Waals surface area contributed by atoms with Crippen LogP contribution in [0.15, 0.2) is 12.1 Å². The lowest BCUT2D eigenvalue weighted by molar-refractivity contribution is 0.411. The van der Waals surface area contributed by atoms with Crippen LogP contribution in [0.1, 0.15) is 43.4 Å². The van der Waals surface area contributed by atoms with E-state index in [4.69, 9.17) is 4.74 Å². The van der Waals surface area contributed by atoms with E-state index < -0.39 is 0 Å². The molecule has 0 aliphatic heterocycles.